The first kappa shape index (κ1) is 22.1. The number of morpholine rings is 1. The van der Waals surface area contributed by atoms with E-state index in [1.54, 1.807) is 42.3 Å². The molecule has 170 valence electrons. The first-order valence-electron chi connectivity index (χ1n) is 10.4. The molecule has 1 aromatic carbocycles. The zero-order valence-electron chi connectivity index (χ0n) is 17.6. The molecule has 3 aliphatic rings. The number of fused-ring (bicyclic) bond motifs is 1. The first-order valence-corrected chi connectivity index (χ1v) is 10.4. The number of carboxylic acids is 1. The van der Waals surface area contributed by atoms with Crippen LogP contribution in [0.15, 0.2) is 58.3 Å². The number of hydrogen-bond acceptors (Lipinski definition) is 5. The second kappa shape index (κ2) is 8.82. The lowest BCUT2D eigenvalue weighted by Gasteiger charge is -2.37. The molecule has 6 nitrogen and oxygen atoms in total. The van der Waals surface area contributed by atoms with Gasteiger partial charge in [-0.15, -0.1) is 0 Å². The van der Waals surface area contributed by atoms with Crippen LogP contribution < -0.4 is 4.90 Å². The Kier molecular flexibility index (Phi) is 6.10. The van der Waals surface area contributed by atoms with Crippen LogP contribution >= 0.6 is 0 Å². The van der Waals surface area contributed by atoms with E-state index in [9.17, 15) is 23.1 Å². The minimum Gasteiger partial charge on any atom is -0.478 e. The van der Waals surface area contributed by atoms with Crippen molar-refractivity contribution in [2.24, 2.45) is 4.99 Å². The highest BCUT2D eigenvalue weighted by Crippen LogP contribution is 2.38. The van der Waals surface area contributed by atoms with Crippen molar-refractivity contribution in [1.29, 1.82) is 0 Å². The maximum absolute atomic E-state index is 13.8. The van der Waals surface area contributed by atoms with Crippen LogP contribution in [0.25, 0.3) is 0 Å². The molecule has 0 saturated carbocycles. The van der Waals surface area contributed by atoms with Gasteiger partial charge in [0.25, 0.3) is 0 Å². The van der Waals surface area contributed by atoms with Gasteiger partial charge in [-0.25, -0.2) is 4.79 Å². The Hall–Kier alpha value is -3.07. The first-order chi connectivity index (χ1) is 15.3. The number of rotatable bonds is 5. The Balaban J connectivity index is 1.59. The molecule has 0 aromatic heterocycles. The third kappa shape index (κ3) is 4.43. The summed E-state index contributed by atoms with van der Waals surface area (Å²) in [6.45, 7) is 3.67. The van der Waals surface area contributed by atoms with Crippen LogP contribution in [0.2, 0.25) is 0 Å². The number of dihydropyridines is 1. The Morgan fingerprint density at radius 3 is 2.72 bits per heavy atom. The maximum atomic E-state index is 13.8. The smallest absolute Gasteiger partial charge is 0.418 e. The Morgan fingerprint density at radius 1 is 1.28 bits per heavy atom. The number of alkyl halides is 3. The number of anilines is 1. The normalized spacial score (nSPS) is 21.0. The maximum Gasteiger partial charge on any atom is 0.418 e. The number of benzene rings is 1. The van der Waals surface area contributed by atoms with Crippen LogP contribution in [-0.4, -0.2) is 61.2 Å². The van der Waals surface area contributed by atoms with Gasteiger partial charge in [-0.1, -0.05) is 12.1 Å². The monoisotopic (exact) mass is 447 g/mol. The van der Waals surface area contributed by atoms with Crippen molar-refractivity contribution in [3.05, 3.63) is 64.4 Å². The summed E-state index contributed by atoms with van der Waals surface area (Å²) in [6.07, 6.45) is 2.25. The third-order valence-corrected chi connectivity index (χ3v) is 5.92. The minimum atomic E-state index is -4.48. The second-order valence-corrected chi connectivity index (χ2v) is 7.87. The minimum absolute atomic E-state index is 0.164. The summed E-state index contributed by atoms with van der Waals surface area (Å²) in [7, 11) is 0. The van der Waals surface area contributed by atoms with E-state index in [1.165, 1.54) is 12.1 Å². The summed E-state index contributed by atoms with van der Waals surface area (Å²) in [5.74, 6) is -1.05. The molecule has 0 aliphatic carbocycles. The largest absolute Gasteiger partial charge is 0.478 e. The van der Waals surface area contributed by atoms with Crippen molar-refractivity contribution in [1.82, 2.24) is 4.90 Å². The number of allylic oxidation sites excluding steroid dienone is 2. The highest BCUT2D eigenvalue weighted by molar-refractivity contribution is 5.92. The van der Waals surface area contributed by atoms with E-state index in [0.29, 0.717) is 50.5 Å². The van der Waals surface area contributed by atoms with E-state index < -0.39 is 17.7 Å². The molecule has 0 amide bonds. The van der Waals surface area contributed by atoms with Crippen molar-refractivity contribution in [2.45, 2.75) is 25.7 Å². The van der Waals surface area contributed by atoms with Crippen LogP contribution in [0, 0.1) is 0 Å². The summed E-state index contributed by atoms with van der Waals surface area (Å²) >= 11 is 0. The van der Waals surface area contributed by atoms with Crippen molar-refractivity contribution in [2.75, 3.05) is 37.7 Å². The van der Waals surface area contributed by atoms with E-state index in [4.69, 9.17) is 4.74 Å². The van der Waals surface area contributed by atoms with Crippen molar-refractivity contribution in [3.8, 4) is 0 Å². The molecule has 0 bridgehead atoms. The standard InChI is InChI=1S/C23H24F3N3O3/c1-15-18(22(30)31)14-17-3-2-7-27-21(17)29(15)8-6-16-4-5-20(19(13-16)23(24,25)26)28-9-11-32-12-10-28/h2-5,7,13-14,21H,6,8-12H2,1H3,(H,30,31)/t21-/m1/s1. The Morgan fingerprint density at radius 2 is 2.03 bits per heavy atom. The number of aliphatic imine (C=N–C) groups is 1. The van der Waals surface area contributed by atoms with Crippen molar-refractivity contribution < 1.29 is 27.8 Å². The SMILES string of the molecule is CC1=C(C(=O)O)C=C2C=CC=N[C@@H]2N1CCc1ccc(N2CCOCC2)c(C(F)(F)F)c1. The fourth-order valence-corrected chi connectivity index (χ4v) is 4.25. The van der Waals surface area contributed by atoms with E-state index in [0.717, 1.165) is 5.57 Å². The van der Waals surface area contributed by atoms with Gasteiger partial charge >= 0.3 is 12.1 Å². The molecular weight excluding hydrogens is 423 g/mol. The molecule has 1 N–H and O–H groups in total. The summed E-state index contributed by atoms with van der Waals surface area (Å²) in [5.41, 5.74) is 1.49. The molecule has 1 atom stereocenters. The highest BCUT2D eigenvalue weighted by atomic mass is 19.4. The van der Waals surface area contributed by atoms with E-state index in [-0.39, 0.29) is 17.4 Å². The third-order valence-electron chi connectivity index (χ3n) is 5.92. The molecule has 0 radical (unpaired) electrons. The number of nitrogens with zero attached hydrogens (tertiary/aromatic N) is 3. The van der Waals surface area contributed by atoms with E-state index in [2.05, 4.69) is 4.99 Å². The lowest BCUT2D eigenvalue weighted by molar-refractivity contribution is -0.137. The average Bonchev–Trinajstić information content (AvgIpc) is 2.78. The van der Waals surface area contributed by atoms with E-state index >= 15 is 0 Å². The lowest BCUT2D eigenvalue weighted by Crippen LogP contribution is -2.39. The number of ether oxygens (including phenoxy) is 1. The number of aliphatic carboxylic acids is 1. The molecule has 1 aromatic rings. The van der Waals surface area contributed by atoms with Crippen LogP contribution in [-0.2, 0) is 22.1 Å². The van der Waals surface area contributed by atoms with Crippen LogP contribution in [0.4, 0.5) is 18.9 Å². The lowest BCUT2D eigenvalue weighted by atomic mass is 9.98. The van der Waals surface area contributed by atoms with Crippen LogP contribution in [0.3, 0.4) is 0 Å². The molecule has 3 heterocycles. The van der Waals surface area contributed by atoms with Crippen molar-refractivity contribution >= 4 is 17.9 Å². The topological polar surface area (TPSA) is 65.4 Å². The van der Waals surface area contributed by atoms with Crippen molar-refractivity contribution in [3.63, 3.8) is 0 Å². The number of hydrogen-bond donors (Lipinski definition) is 1. The Bertz CT molecular complexity index is 1020. The van der Waals surface area contributed by atoms with E-state index in [1.807, 2.05) is 4.90 Å². The number of halogens is 3. The van der Waals surface area contributed by atoms with Crippen LogP contribution in [0.1, 0.15) is 18.1 Å². The zero-order chi connectivity index (χ0) is 22.9. The van der Waals surface area contributed by atoms with Gasteiger partial charge in [0.2, 0.25) is 0 Å². The quantitative estimate of drug-likeness (QED) is 0.747. The fraction of sp³-hybridized carbons (Fsp3) is 0.391. The van der Waals surface area contributed by atoms with Gasteiger partial charge in [-0.05, 0) is 48.8 Å². The van der Waals surface area contributed by atoms with Crippen LogP contribution in [0.5, 0.6) is 0 Å². The molecular formula is C23H24F3N3O3. The zero-order valence-corrected chi connectivity index (χ0v) is 17.6. The molecule has 32 heavy (non-hydrogen) atoms. The molecule has 1 fully saturated rings. The molecule has 0 unspecified atom stereocenters. The predicted molar refractivity (Wildman–Crippen MR) is 115 cm³/mol. The van der Waals surface area contributed by atoms with Gasteiger partial charge in [-0.3, -0.25) is 4.99 Å². The second-order valence-electron chi connectivity index (χ2n) is 7.87. The van der Waals surface area contributed by atoms with Gasteiger partial charge in [0.1, 0.15) is 6.17 Å². The van der Waals surface area contributed by atoms with Gasteiger partial charge in [0.05, 0.1) is 24.4 Å². The Labute approximate surface area is 184 Å². The van der Waals surface area contributed by atoms with Gasteiger partial charge in [0.15, 0.2) is 0 Å². The average molecular weight is 447 g/mol. The molecule has 1 saturated heterocycles. The summed E-state index contributed by atoms with van der Waals surface area (Å²) in [5, 5.41) is 9.55. The molecule has 0 spiro atoms. The number of carboxylic acid groups (broad SMARTS) is 1. The van der Waals surface area contributed by atoms with Gasteiger partial charge in [0, 0.05) is 37.2 Å². The fourth-order valence-electron chi connectivity index (χ4n) is 4.25. The van der Waals surface area contributed by atoms with Gasteiger partial charge in [-0.2, -0.15) is 13.2 Å². The summed E-state index contributed by atoms with van der Waals surface area (Å²) < 4.78 is 46.7. The molecule has 4 rings (SSSR count). The summed E-state index contributed by atoms with van der Waals surface area (Å²) in [4.78, 5) is 19.6. The highest BCUT2D eigenvalue weighted by Gasteiger charge is 2.36. The number of carbonyl (C=O) groups is 1. The van der Waals surface area contributed by atoms with Gasteiger partial charge < -0.3 is 19.6 Å². The molecule has 3 aliphatic heterocycles. The molecule has 9 heteroatoms. The summed E-state index contributed by atoms with van der Waals surface area (Å²) in [6, 6.07) is 4.44. The predicted octanol–water partition coefficient (Wildman–Crippen LogP) is 3.65.